The van der Waals surface area contributed by atoms with Gasteiger partial charge in [0.25, 0.3) is 0 Å². The number of aliphatic hydroxyl groups is 1. The average molecular weight is 214 g/mol. The topological polar surface area (TPSA) is 55.5 Å². The maximum Gasteiger partial charge on any atom is 0.125 e. The predicted molar refractivity (Wildman–Crippen MR) is 54.5 cm³/mol. The van der Waals surface area contributed by atoms with Crippen molar-refractivity contribution in [1.29, 1.82) is 0 Å². The number of hydrogen-bond acceptors (Lipinski definition) is 3. The summed E-state index contributed by atoms with van der Waals surface area (Å²) in [5.41, 5.74) is 6.45. The van der Waals surface area contributed by atoms with Crippen LogP contribution in [-0.2, 0) is 0 Å². The van der Waals surface area contributed by atoms with E-state index in [1.807, 2.05) is 0 Å². The first kappa shape index (κ1) is 9.77. The maximum atomic E-state index is 9.87. The number of rotatable bonds is 0. The van der Waals surface area contributed by atoms with E-state index in [1.54, 1.807) is 18.2 Å². The Balaban J connectivity index is 2.44. The molecule has 0 bridgehead atoms. The van der Waals surface area contributed by atoms with Crippen LogP contribution in [0.3, 0.4) is 0 Å². The third-order valence-corrected chi connectivity index (χ3v) is 2.64. The first-order valence-electron chi connectivity index (χ1n) is 4.54. The Morgan fingerprint density at radius 1 is 1.50 bits per heavy atom. The number of benzene rings is 1. The van der Waals surface area contributed by atoms with Crippen molar-refractivity contribution in [3.63, 3.8) is 0 Å². The molecule has 1 aromatic rings. The van der Waals surface area contributed by atoms with Gasteiger partial charge in [0.05, 0.1) is 12.7 Å². The zero-order chi connectivity index (χ0) is 10.1. The number of nitrogens with two attached hydrogens (primary N) is 1. The van der Waals surface area contributed by atoms with Gasteiger partial charge in [0, 0.05) is 16.6 Å². The minimum atomic E-state index is -0.689. The lowest BCUT2D eigenvalue weighted by Gasteiger charge is -2.15. The largest absolute Gasteiger partial charge is 0.493 e. The van der Waals surface area contributed by atoms with Crippen molar-refractivity contribution in [3.05, 3.63) is 28.8 Å². The molecular formula is C10H12ClNO2. The lowest BCUT2D eigenvalue weighted by Crippen LogP contribution is -2.28. The molecule has 0 spiro atoms. The van der Waals surface area contributed by atoms with Gasteiger partial charge in [-0.05, 0) is 24.6 Å². The molecule has 0 unspecified atom stereocenters. The minimum Gasteiger partial charge on any atom is -0.493 e. The monoisotopic (exact) mass is 213 g/mol. The maximum absolute atomic E-state index is 9.87. The second-order valence-corrected chi connectivity index (χ2v) is 3.86. The van der Waals surface area contributed by atoms with E-state index >= 15 is 0 Å². The minimum absolute atomic E-state index is 0.283. The van der Waals surface area contributed by atoms with Crippen molar-refractivity contribution in [1.82, 2.24) is 0 Å². The molecule has 0 saturated carbocycles. The quantitative estimate of drug-likeness (QED) is 0.687. The van der Waals surface area contributed by atoms with Gasteiger partial charge < -0.3 is 15.6 Å². The van der Waals surface area contributed by atoms with E-state index in [-0.39, 0.29) is 6.04 Å². The average Bonchev–Trinajstić information content (AvgIpc) is 2.30. The molecule has 1 heterocycles. The molecule has 14 heavy (non-hydrogen) atoms. The first-order chi connectivity index (χ1) is 6.68. The molecule has 0 aromatic heterocycles. The number of ether oxygens (including phenoxy) is 1. The summed E-state index contributed by atoms with van der Waals surface area (Å²) < 4.78 is 5.45. The summed E-state index contributed by atoms with van der Waals surface area (Å²) >= 11 is 5.84. The third kappa shape index (κ3) is 1.71. The van der Waals surface area contributed by atoms with E-state index in [4.69, 9.17) is 22.1 Å². The first-order valence-corrected chi connectivity index (χ1v) is 4.92. The summed E-state index contributed by atoms with van der Waals surface area (Å²) in [7, 11) is 0. The number of aliphatic hydroxyl groups excluding tert-OH is 1. The molecule has 2 atom stereocenters. The van der Waals surface area contributed by atoms with E-state index in [0.717, 1.165) is 0 Å². The van der Waals surface area contributed by atoms with Crippen LogP contribution in [0, 0.1) is 0 Å². The van der Waals surface area contributed by atoms with Crippen molar-refractivity contribution in [2.75, 3.05) is 6.61 Å². The molecule has 0 amide bonds. The fraction of sp³-hybridized carbons (Fsp3) is 0.400. The number of fused-ring (bicyclic) bond motifs is 1. The zero-order valence-electron chi connectivity index (χ0n) is 7.61. The Hall–Kier alpha value is -0.770. The molecule has 1 aliphatic rings. The second-order valence-electron chi connectivity index (χ2n) is 3.43. The molecule has 3 N–H and O–H groups in total. The van der Waals surface area contributed by atoms with E-state index < -0.39 is 6.10 Å². The van der Waals surface area contributed by atoms with Crippen LogP contribution in [0.25, 0.3) is 0 Å². The van der Waals surface area contributed by atoms with Crippen LogP contribution in [-0.4, -0.2) is 17.8 Å². The molecule has 0 radical (unpaired) electrons. The van der Waals surface area contributed by atoms with Gasteiger partial charge in [0.1, 0.15) is 5.75 Å². The Bertz CT molecular complexity index is 343. The van der Waals surface area contributed by atoms with Gasteiger partial charge in [0.2, 0.25) is 0 Å². The predicted octanol–water partition coefficient (Wildman–Crippen LogP) is 1.48. The highest BCUT2D eigenvalue weighted by atomic mass is 35.5. The summed E-state index contributed by atoms with van der Waals surface area (Å²) in [4.78, 5) is 0. The molecule has 1 aromatic carbocycles. The standard InChI is InChI=1S/C10H12ClNO2/c11-6-1-2-9-7(5-6)10(13)8(12)3-4-14-9/h1-2,5,8,10,13H,3-4,12H2/t8-,10-/m1/s1. The van der Waals surface area contributed by atoms with E-state index in [9.17, 15) is 5.11 Å². The van der Waals surface area contributed by atoms with Crippen molar-refractivity contribution in [2.24, 2.45) is 5.73 Å². The summed E-state index contributed by atoms with van der Waals surface area (Å²) in [6.07, 6.45) is -0.0424. The van der Waals surface area contributed by atoms with Crippen LogP contribution in [0.4, 0.5) is 0 Å². The Morgan fingerprint density at radius 3 is 3.07 bits per heavy atom. The fourth-order valence-corrected chi connectivity index (χ4v) is 1.76. The summed E-state index contributed by atoms with van der Waals surface area (Å²) in [6, 6.07) is 4.92. The van der Waals surface area contributed by atoms with Crippen molar-refractivity contribution in [2.45, 2.75) is 18.6 Å². The molecule has 2 rings (SSSR count). The number of hydrogen-bond donors (Lipinski definition) is 2. The van der Waals surface area contributed by atoms with Gasteiger partial charge in [-0.3, -0.25) is 0 Å². The van der Waals surface area contributed by atoms with Gasteiger partial charge in [-0.1, -0.05) is 11.6 Å². The summed E-state index contributed by atoms with van der Waals surface area (Å²) in [6.45, 7) is 0.535. The lowest BCUT2D eigenvalue weighted by atomic mass is 10.0. The molecule has 0 aliphatic carbocycles. The van der Waals surface area contributed by atoms with Crippen LogP contribution in [0.2, 0.25) is 5.02 Å². The highest BCUT2D eigenvalue weighted by Crippen LogP contribution is 2.32. The van der Waals surface area contributed by atoms with Crippen LogP contribution in [0.5, 0.6) is 5.75 Å². The Labute approximate surface area is 87.4 Å². The summed E-state index contributed by atoms with van der Waals surface area (Å²) in [5, 5.41) is 10.5. The molecule has 1 aliphatic heterocycles. The van der Waals surface area contributed by atoms with Gasteiger partial charge in [-0.2, -0.15) is 0 Å². The van der Waals surface area contributed by atoms with E-state index in [0.29, 0.717) is 29.4 Å². The van der Waals surface area contributed by atoms with E-state index in [1.165, 1.54) is 0 Å². The Morgan fingerprint density at radius 2 is 2.29 bits per heavy atom. The normalized spacial score (nSPS) is 26.2. The van der Waals surface area contributed by atoms with Crippen LogP contribution in [0.1, 0.15) is 18.1 Å². The van der Waals surface area contributed by atoms with Crippen LogP contribution >= 0.6 is 11.6 Å². The summed E-state index contributed by atoms with van der Waals surface area (Å²) in [5.74, 6) is 0.676. The van der Waals surface area contributed by atoms with Crippen molar-refractivity contribution >= 4 is 11.6 Å². The molecule has 76 valence electrons. The van der Waals surface area contributed by atoms with Gasteiger partial charge >= 0.3 is 0 Å². The molecular weight excluding hydrogens is 202 g/mol. The highest BCUT2D eigenvalue weighted by molar-refractivity contribution is 6.30. The van der Waals surface area contributed by atoms with Crippen LogP contribution in [0.15, 0.2) is 18.2 Å². The molecule has 4 heteroatoms. The van der Waals surface area contributed by atoms with Crippen molar-refractivity contribution in [3.8, 4) is 5.75 Å². The smallest absolute Gasteiger partial charge is 0.125 e. The zero-order valence-corrected chi connectivity index (χ0v) is 8.37. The van der Waals surface area contributed by atoms with Crippen molar-refractivity contribution < 1.29 is 9.84 Å². The van der Waals surface area contributed by atoms with Gasteiger partial charge in [-0.25, -0.2) is 0 Å². The highest BCUT2D eigenvalue weighted by Gasteiger charge is 2.24. The number of halogens is 1. The third-order valence-electron chi connectivity index (χ3n) is 2.40. The molecule has 0 fully saturated rings. The SMILES string of the molecule is N[C@@H]1CCOc2ccc(Cl)cc2[C@H]1O. The van der Waals surface area contributed by atoms with Gasteiger partial charge in [0.15, 0.2) is 0 Å². The van der Waals surface area contributed by atoms with Gasteiger partial charge in [-0.15, -0.1) is 0 Å². The Kier molecular flexibility index (Phi) is 2.63. The van der Waals surface area contributed by atoms with Crippen LogP contribution < -0.4 is 10.5 Å². The lowest BCUT2D eigenvalue weighted by molar-refractivity contribution is 0.145. The fourth-order valence-electron chi connectivity index (χ4n) is 1.58. The molecule has 3 nitrogen and oxygen atoms in total. The second kappa shape index (κ2) is 3.77. The van der Waals surface area contributed by atoms with E-state index in [2.05, 4.69) is 0 Å². The molecule has 0 saturated heterocycles.